The van der Waals surface area contributed by atoms with Crippen LogP contribution in [0.25, 0.3) is 0 Å². The van der Waals surface area contributed by atoms with Crippen LogP contribution in [0.3, 0.4) is 0 Å². The first-order valence-corrected chi connectivity index (χ1v) is 5.86. The van der Waals surface area contributed by atoms with E-state index in [1.54, 1.807) is 0 Å². The van der Waals surface area contributed by atoms with E-state index in [-0.39, 0.29) is 6.10 Å². The first kappa shape index (κ1) is 11.8. The molecule has 1 fully saturated rings. The molecule has 1 atom stereocenters. The minimum absolute atomic E-state index is 0.0254. The monoisotopic (exact) mass is 235 g/mol. The summed E-state index contributed by atoms with van der Waals surface area (Å²) in [5.41, 5.74) is 1.19. The van der Waals surface area contributed by atoms with Gasteiger partial charge in [-0.05, 0) is 31.9 Å². The van der Waals surface area contributed by atoms with Gasteiger partial charge in [-0.2, -0.15) is 0 Å². The maximum Gasteiger partial charge on any atom is 0.407 e. The highest BCUT2D eigenvalue weighted by Crippen LogP contribution is 2.18. The molecular weight excluding hydrogens is 218 g/mol. The van der Waals surface area contributed by atoms with E-state index >= 15 is 0 Å². The summed E-state index contributed by atoms with van der Waals surface area (Å²) in [6.45, 7) is 3.10. The predicted octanol–water partition coefficient (Wildman–Crippen LogP) is 2.52. The molecule has 1 heterocycles. The average Bonchev–Trinajstić information content (AvgIpc) is 2.32. The molecule has 1 aromatic carbocycles. The Morgan fingerprint density at radius 3 is 2.76 bits per heavy atom. The van der Waals surface area contributed by atoms with Crippen molar-refractivity contribution in [3.8, 4) is 5.75 Å². The van der Waals surface area contributed by atoms with Gasteiger partial charge in [-0.3, -0.25) is 0 Å². The molecule has 1 N–H and O–H groups in total. The molecule has 0 radical (unpaired) electrons. The number of nitrogens with zero attached hydrogens (tertiary/aromatic N) is 1. The van der Waals surface area contributed by atoms with Crippen molar-refractivity contribution in [2.45, 2.75) is 25.9 Å². The van der Waals surface area contributed by atoms with Gasteiger partial charge in [-0.15, -0.1) is 0 Å². The molecule has 4 nitrogen and oxygen atoms in total. The lowest BCUT2D eigenvalue weighted by atomic mass is 10.1. The Labute approximate surface area is 101 Å². The zero-order chi connectivity index (χ0) is 12.3. The van der Waals surface area contributed by atoms with Crippen molar-refractivity contribution in [3.63, 3.8) is 0 Å². The summed E-state index contributed by atoms with van der Waals surface area (Å²) in [7, 11) is 0. The third-order valence-corrected chi connectivity index (χ3v) is 2.97. The van der Waals surface area contributed by atoms with E-state index in [2.05, 4.69) is 0 Å². The molecule has 0 aromatic heterocycles. The van der Waals surface area contributed by atoms with Crippen molar-refractivity contribution in [3.05, 3.63) is 29.8 Å². The molecule has 0 bridgehead atoms. The first-order chi connectivity index (χ1) is 8.15. The number of benzene rings is 1. The molecule has 1 aliphatic rings. The summed E-state index contributed by atoms with van der Waals surface area (Å²) in [6.07, 6.45) is 0.894. The van der Waals surface area contributed by atoms with Crippen LogP contribution in [0.4, 0.5) is 4.79 Å². The lowest BCUT2D eigenvalue weighted by molar-refractivity contribution is 0.0792. The first-order valence-electron chi connectivity index (χ1n) is 5.86. The quantitative estimate of drug-likeness (QED) is 0.856. The predicted molar refractivity (Wildman–Crippen MR) is 64.4 cm³/mol. The van der Waals surface area contributed by atoms with Crippen LogP contribution in [0.2, 0.25) is 0 Å². The van der Waals surface area contributed by atoms with Crippen LogP contribution in [0.1, 0.15) is 18.4 Å². The Bertz CT molecular complexity index is 388. The van der Waals surface area contributed by atoms with Gasteiger partial charge in [0.2, 0.25) is 0 Å². The van der Waals surface area contributed by atoms with Gasteiger partial charge in [-0.1, -0.05) is 17.7 Å². The Kier molecular flexibility index (Phi) is 3.52. The molecule has 1 unspecified atom stereocenters. The minimum Gasteiger partial charge on any atom is -0.489 e. The highest BCUT2D eigenvalue weighted by atomic mass is 16.5. The summed E-state index contributed by atoms with van der Waals surface area (Å²) in [4.78, 5) is 12.3. The molecule has 1 aliphatic heterocycles. The zero-order valence-corrected chi connectivity index (χ0v) is 9.93. The zero-order valence-electron chi connectivity index (χ0n) is 9.93. The molecule has 2 rings (SSSR count). The summed E-state index contributed by atoms with van der Waals surface area (Å²) in [5, 5.41) is 8.93. The largest absolute Gasteiger partial charge is 0.489 e. The van der Waals surface area contributed by atoms with Crippen molar-refractivity contribution < 1.29 is 14.6 Å². The highest BCUT2D eigenvalue weighted by Gasteiger charge is 2.24. The van der Waals surface area contributed by atoms with Gasteiger partial charge in [0.1, 0.15) is 11.9 Å². The van der Waals surface area contributed by atoms with Gasteiger partial charge in [0.05, 0.1) is 6.54 Å². The number of hydrogen-bond acceptors (Lipinski definition) is 2. The van der Waals surface area contributed by atoms with E-state index in [4.69, 9.17) is 9.84 Å². The van der Waals surface area contributed by atoms with Gasteiger partial charge in [0.15, 0.2) is 0 Å². The number of carboxylic acid groups (broad SMARTS) is 1. The van der Waals surface area contributed by atoms with E-state index in [9.17, 15) is 4.79 Å². The van der Waals surface area contributed by atoms with Crippen molar-refractivity contribution >= 4 is 6.09 Å². The smallest absolute Gasteiger partial charge is 0.407 e. The molecular formula is C13H17NO3. The Balaban J connectivity index is 1.94. The fourth-order valence-corrected chi connectivity index (χ4v) is 2.02. The van der Waals surface area contributed by atoms with E-state index in [1.165, 1.54) is 10.5 Å². The number of likely N-dealkylation sites (tertiary alicyclic amines) is 1. The van der Waals surface area contributed by atoms with Crippen molar-refractivity contribution in [2.75, 3.05) is 13.1 Å². The van der Waals surface area contributed by atoms with Gasteiger partial charge >= 0.3 is 6.09 Å². The van der Waals surface area contributed by atoms with Crippen molar-refractivity contribution in [1.82, 2.24) is 4.90 Å². The normalized spacial score (nSPS) is 20.1. The lowest BCUT2D eigenvalue weighted by Gasteiger charge is -2.30. The average molecular weight is 235 g/mol. The number of piperidine rings is 1. The molecule has 0 saturated carbocycles. The maximum absolute atomic E-state index is 10.9. The number of hydrogen-bond donors (Lipinski definition) is 1. The number of ether oxygens (including phenoxy) is 1. The summed E-state index contributed by atoms with van der Waals surface area (Å²) >= 11 is 0. The van der Waals surface area contributed by atoms with E-state index in [0.717, 1.165) is 18.6 Å². The van der Waals surface area contributed by atoms with Crippen LogP contribution in [0.15, 0.2) is 24.3 Å². The molecule has 0 aliphatic carbocycles. The summed E-state index contributed by atoms with van der Waals surface area (Å²) in [5.74, 6) is 0.813. The van der Waals surface area contributed by atoms with Crippen molar-refractivity contribution in [2.24, 2.45) is 0 Å². The number of aryl methyl sites for hydroxylation is 1. The number of amides is 1. The maximum atomic E-state index is 10.9. The lowest BCUT2D eigenvalue weighted by Crippen LogP contribution is -2.43. The molecule has 17 heavy (non-hydrogen) atoms. The van der Waals surface area contributed by atoms with E-state index in [1.807, 2.05) is 31.2 Å². The number of carbonyl (C=O) groups is 1. The SMILES string of the molecule is Cc1ccc(OC2CCCN(C(=O)O)C2)cc1. The van der Waals surface area contributed by atoms with Crippen LogP contribution in [-0.2, 0) is 0 Å². The van der Waals surface area contributed by atoms with Gasteiger partial charge in [0, 0.05) is 6.54 Å². The van der Waals surface area contributed by atoms with E-state index in [0.29, 0.717) is 13.1 Å². The third-order valence-electron chi connectivity index (χ3n) is 2.97. The number of rotatable bonds is 2. The third kappa shape index (κ3) is 3.12. The topological polar surface area (TPSA) is 49.8 Å². The second-order valence-electron chi connectivity index (χ2n) is 4.42. The van der Waals surface area contributed by atoms with Crippen LogP contribution in [0, 0.1) is 6.92 Å². The molecule has 1 aromatic rings. The van der Waals surface area contributed by atoms with Gasteiger partial charge in [-0.25, -0.2) is 4.79 Å². The van der Waals surface area contributed by atoms with Crippen LogP contribution >= 0.6 is 0 Å². The van der Waals surface area contributed by atoms with Crippen molar-refractivity contribution in [1.29, 1.82) is 0 Å². The second kappa shape index (κ2) is 5.08. The minimum atomic E-state index is -0.859. The second-order valence-corrected chi connectivity index (χ2v) is 4.42. The van der Waals surface area contributed by atoms with Crippen LogP contribution in [0.5, 0.6) is 5.75 Å². The highest BCUT2D eigenvalue weighted by molar-refractivity contribution is 5.65. The fourth-order valence-electron chi connectivity index (χ4n) is 2.02. The van der Waals surface area contributed by atoms with Gasteiger partial charge < -0.3 is 14.7 Å². The molecule has 1 amide bonds. The van der Waals surface area contributed by atoms with Crippen LogP contribution < -0.4 is 4.74 Å². The molecule has 92 valence electrons. The van der Waals surface area contributed by atoms with Gasteiger partial charge in [0.25, 0.3) is 0 Å². The standard InChI is InChI=1S/C13H17NO3/c1-10-4-6-11(7-5-10)17-12-3-2-8-14(9-12)13(15)16/h4-7,12H,2-3,8-9H2,1H3,(H,15,16). The molecule has 4 heteroatoms. The molecule has 1 saturated heterocycles. The van der Waals surface area contributed by atoms with Crippen LogP contribution in [-0.4, -0.2) is 35.3 Å². The Morgan fingerprint density at radius 2 is 2.12 bits per heavy atom. The summed E-state index contributed by atoms with van der Waals surface area (Å²) < 4.78 is 5.79. The Hall–Kier alpha value is -1.71. The van der Waals surface area contributed by atoms with E-state index < -0.39 is 6.09 Å². The Morgan fingerprint density at radius 1 is 1.41 bits per heavy atom. The molecule has 0 spiro atoms. The summed E-state index contributed by atoms with van der Waals surface area (Å²) in [6, 6.07) is 7.84. The fraction of sp³-hybridized carbons (Fsp3) is 0.462.